The van der Waals surface area contributed by atoms with Gasteiger partial charge in [0, 0.05) is 23.8 Å². The van der Waals surface area contributed by atoms with Crippen LogP contribution in [0, 0.1) is 5.82 Å². The summed E-state index contributed by atoms with van der Waals surface area (Å²) in [6, 6.07) is 16.1. The van der Waals surface area contributed by atoms with E-state index in [0.717, 1.165) is 11.3 Å². The Morgan fingerprint density at radius 1 is 1.11 bits per heavy atom. The van der Waals surface area contributed by atoms with Crippen LogP contribution in [0.5, 0.6) is 0 Å². The van der Waals surface area contributed by atoms with Crippen LogP contribution < -0.4 is 5.32 Å². The minimum Gasteiger partial charge on any atom is -0.441 e. The van der Waals surface area contributed by atoms with Gasteiger partial charge in [-0.2, -0.15) is 0 Å². The number of thiazole rings is 1. The molecule has 0 saturated carbocycles. The van der Waals surface area contributed by atoms with Crippen LogP contribution in [-0.2, 0) is 11.2 Å². The maximum Gasteiger partial charge on any atom is 0.226 e. The van der Waals surface area contributed by atoms with Crippen LogP contribution in [0.3, 0.4) is 0 Å². The first-order valence-corrected chi connectivity index (χ1v) is 9.57. The van der Waals surface area contributed by atoms with Gasteiger partial charge in [-0.3, -0.25) is 4.79 Å². The molecule has 7 heteroatoms. The molecule has 0 radical (unpaired) electrons. The average Bonchev–Trinajstić information content (AvgIpc) is 3.37. The second kappa shape index (κ2) is 8.14. The first-order valence-electron chi connectivity index (χ1n) is 8.69. The lowest BCUT2D eigenvalue weighted by molar-refractivity contribution is -0.116. The van der Waals surface area contributed by atoms with E-state index in [1.165, 1.54) is 23.6 Å². The molecule has 2 aromatic heterocycles. The van der Waals surface area contributed by atoms with Crippen LogP contribution in [0.2, 0.25) is 0 Å². The first-order chi connectivity index (χ1) is 13.7. The van der Waals surface area contributed by atoms with Gasteiger partial charge in [0.25, 0.3) is 0 Å². The van der Waals surface area contributed by atoms with Gasteiger partial charge < -0.3 is 9.73 Å². The number of rotatable bonds is 6. The highest BCUT2D eigenvalue weighted by atomic mass is 32.1. The molecular formula is C21H16FN3O2S. The van der Waals surface area contributed by atoms with Gasteiger partial charge in [0.15, 0.2) is 16.8 Å². The summed E-state index contributed by atoms with van der Waals surface area (Å²) in [5, 5.41) is 5.24. The molecule has 1 amide bonds. The minimum absolute atomic E-state index is 0.181. The number of amides is 1. The molecule has 28 heavy (non-hydrogen) atoms. The highest BCUT2D eigenvalue weighted by molar-refractivity contribution is 7.14. The third-order valence-corrected chi connectivity index (χ3v) is 4.84. The van der Waals surface area contributed by atoms with Gasteiger partial charge >= 0.3 is 0 Å². The molecule has 2 heterocycles. The van der Waals surface area contributed by atoms with E-state index in [1.807, 2.05) is 35.7 Å². The van der Waals surface area contributed by atoms with Crippen LogP contribution in [-0.4, -0.2) is 15.9 Å². The van der Waals surface area contributed by atoms with Crippen LogP contribution in [0.1, 0.15) is 12.3 Å². The average molecular weight is 393 g/mol. The molecule has 0 spiro atoms. The molecule has 5 nitrogen and oxygen atoms in total. The van der Waals surface area contributed by atoms with Crippen LogP contribution in [0.4, 0.5) is 9.52 Å². The number of carbonyl (C=O) groups is 1. The van der Waals surface area contributed by atoms with Gasteiger partial charge in [0.1, 0.15) is 5.82 Å². The molecule has 0 atom stereocenters. The van der Waals surface area contributed by atoms with E-state index in [2.05, 4.69) is 15.3 Å². The second-order valence-electron chi connectivity index (χ2n) is 6.05. The van der Waals surface area contributed by atoms with Crippen molar-refractivity contribution in [3.05, 3.63) is 77.9 Å². The normalized spacial score (nSPS) is 10.8. The quantitative estimate of drug-likeness (QED) is 0.490. The number of anilines is 1. The maximum absolute atomic E-state index is 13.8. The van der Waals surface area contributed by atoms with Gasteiger partial charge in [-0.25, -0.2) is 14.4 Å². The van der Waals surface area contributed by atoms with Crippen LogP contribution in [0.25, 0.3) is 22.6 Å². The Kier molecular flexibility index (Phi) is 5.25. The van der Waals surface area contributed by atoms with Crippen molar-refractivity contribution in [2.75, 3.05) is 5.32 Å². The van der Waals surface area contributed by atoms with Crippen LogP contribution >= 0.6 is 11.3 Å². The van der Waals surface area contributed by atoms with Crippen molar-refractivity contribution in [1.82, 2.24) is 9.97 Å². The van der Waals surface area contributed by atoms with Crippen molar-refractivity contribution in [3.63, 3.8) is 0 Å². The van der Waals surface area contributed by atoms with E-state index in [1.54, 1.807) is 18.2 Å². The van der Waals surface area contributed by atoms with Crippen molar-refractivity contribution in [3.8, 4) is 22.6 Å². The van der Waals surface area contributed by atoms with Crippen molar-refractivity contribution in [1.29, 1.82) is 0 Å². The molecule has 4 aromatic rings. The Balaban J connectivity index is 1.34. The molecule has 4 rings (SSSR count). The van der Waals surface area contributed by atoms with E-state index in [9.17, 15) is 9.18 Å². The number of hydrogen-bond acceptors (Lipinski definition) is 5. The van der Waals surface area contributed by atoms with E-state index in [-0.39, 0.29) is 18.1 Å². The molecular weight excluding hydrogens is 377 g/mol. The van der Waals surface area contributed by atoms with Gasteiger partial charge in [-0.15, -0.1) is 11.3 Å². The molecule has 0 bridgehead atoms. The van der Waals surface area contributed by atoms with Gasteiger partial charge in [0.05, 0.1) is 17.5 Å². The number of hydrogen-bond donors (Lipinski definition) is 1. The van der Waals surface area contributed by atoms with E-state index in [0.29, 0.717) is 28.8 Å². The Morgan fingerprint density at radius 2 is 1.89 bits per heavy atom. The molecule has 2 aromatic carbocycles. The van der Waals surface area contributed by atoms with Crippen LogP contribution in [0.15, 0.2) is 70.6 Å². The summed E-state index contributed by atoms with van der Waals surface area (Å²) >= 11 is 1.37. The van der Waals surface area contributed by atoms with E-state index >= 15 is 0 Å². The monoisotopic (exact) mass is 393 g/mol. The fraction of sp³-hybridized carbons (Fsp3) is 0.0952. The summed E-state index contributed by atoms with van der Waals surface area (Å²) < 4.78 is 19.4. The van der Waals surface area contributed by atoms with Crippen molar-refractivity contribution in [2.24, 2.45) is 0 Å². The minimum atomic E-state index is -0.374. The summed E-state index contributed by atoms with van der Waals surface area (Å²) in [6.07, 6.45) is 1.98. The zero-order valence-corrected chi connectivity index (χ0v) is 15.6. The number of aromatic nitrogens is 2. The number of nitrogens with zero attached hydrogens (tertiary/aromatic N) is 2. The molecule has 140 valence electrons. The lowest BCUT2D eigenvalue weighted by Gasteiger charge is -2.00. The zero-order valence-electron chi connectivity index (χ0n) is 14.8. The van der Waals surface area contributed by atoms with Gasteiger partial charge in [0.2, 0.25) is 5.91 Å². The number of carbonyl (C=O) groups excluding carboxylic acids is 1. The SMILES string of the molecule is O=C(CCc1ncc(-c2ccccc2F)o1)Nc1nc(-c2ccccc2)cs1. The number of aryl methyl sites for hydroxylation is 1. The second-order valence-corrected chi connectivity index (χ2v) is 6.91. The van der Waals surface area contributed by atoms with E-state index < -0.39 is 0 Å². The lowest BCUT2D eigenvalue weighted by atomic mass is 10.2. The third-order valence-electron chi connectivity index (χ3n) is 4.08. The highest BCUT2D eigenvalue weighted by Gasteiger charge is 2.13. The molecule has 0 unspecified atom stereocenters. The topological polar surface area (TPSA) is 68.0 Å². The smallest absolute Gasteiger partial charge is 0.226 e. The Labute approximate surface area is 164 Å². The first kappa shape index (κ1) is 18.1. The number of nitrogens with one attached hydrogen (secondary N) is 1. The number of oxazole rings is 1. The molecule has 0 saturated heterocycles. The fourth-order valence-corrected chi connectivity index (χ4v) is 3.42. The molecule has 0 fully saturated rings. The van der Waals surface area contributed by atoms with Crippen molar-refractivity contribution >= 4 is 22.4 Å². The standard InChI is InChI=1S/C21H16FN3O2S/c22-16-9-5-4-8-15(16)18-12-23-20(27-18)11-10-19(26)25-21-24-17(13-28-21)14-6-2-1-3-7-14/h1-9,12-13H,10-11H2,(H,24,25,26). The summed E-state index contributed by atoms with van der Waals surface area (Å²) in [4.78, 5) is 20.8. The Morgan fingerprint density at radius 3 is 2.71 bits per heavy atom. The highest BCUT2D eigenvalue weighted by Crippen LogP contribution is 2.25. The predicted molar refractivity (Wildman–Crippen MR) is 106 cm³/mol. The number of benzene rings is 2. The van der Waals surface area contributed by atoms with Gasteiger partial charge in [-0.1, -0.05) is 42.5 Å². The molecule has 0 aliphatic rings. The largest absolute Gasteiger partial charge is 0.441 e. The van der Waals surface area contributed by atoms with Crippen molar-refractivity contribution < 1.29 is 13.6 Å². The molecule has 0 aliphatic heterocycles. The molecule has 0 aliphatic carbocycles. The predicted octanol–water partition coefficient (Wildman–Crippen LogP) is 5.18. The Hall–Kier alpha value is -3.32. The summed E-state index contributed by atoms with van der Waals surface area (Å²) in [6.45, 7) is 0. The summed E-state index contributed by atoms with van der Waals surface area (Å²) in [5.41, 5.74) is 2.17. The maximum atomic E-state index is 13.8. The molecule has 1 N–H and O–H groups in total. The lowest BCUT2D eigenvalue weighted by Crippen LogP contribution is -2.12. The number of halogens is 1. The summed E-state index contributed by atoms with van der Waals surface area (Å²) in [5.74, 6) is 0.180. The van der Waals surface area contributed by atoms with Gasteiger partial charge in [-0.05, 0) is 12.1 Å². The Bertz CT molecular complexity index is 1090. The van der Waals surface area contributed by atoms with Crippen molar-refractivity contribution in [2.45, 2.75) is 12.8 Å². The van der Waals surface area contributed by atoms with E-state index in [4.69, 9.17) is 4.42 Å². The summed E-state index contributed by atoms with van der Waals surface area (Å²) in [7, 11) is 0. The fourth-order valence-electron chi connectivity index (χ4n) is 2.69. The zero-order chi connectivity index (χ0) is 19.3. The third kappa shape index (κ3) is 4.15.